The molecular weight excluding hydrogens is 258 g/mol. The van der Waals surface area contributed by atoms with Gasteiger partial charge in [-0.25, -0.2) is 8.42 Å². The zero-order valence-electron chi connectivity index (χ0n) is 12.3. The van der Waals surface area contributed by atoms with E-state index in [0.717, 1.165) is 18.5 Å². The lowest BCUT2D eigenvalue weighted by molar-refractivity contribution is 0.528. The van der Waals surface area contributed by atoms with Gasteiger partial charge in [0.15, 0.2) is 9.84 Å². The van der Waals surface area contributed by atoms with E-state index >= 15 is 0 Å². The van der Waals surface area contributed by atoms with Crippen molar-refractivity contribution in [2.45, 2.75) is 44.3 Å². The fraction of sp³-hybridized carbons (Fsp3) is 0.600. The van der Waals surface area contributed by atoms with E-state index in [0.29, 0.717) is 17.4 Å². The average molecular weight is 283 g/mol. The van der Waals surface area contributed by atoms with Crippen LogP contribution in [0.1, 0.15) is 32.8 Å². The van der Waals surface area contributed by atoms with Crippen LogP contribution >= 0.6 is 0 Å². The first-order valence-corrected chi connectivity index (χ1v) is 8.40. The number of nitrogens with one attached hydrogen (secondary N) is 1. The summed E-state index contributed by atoms with van der Waals surface area (Å²) in [6.45, 7) is 9.40. The summed E-state index contributed by atoms with van der Waals surface area (Å²) in [7, 11) is -3.22. The maximum Gasteiger partial charge on any atom is 0.182 e. The summed E-state index contributed by atoms with van der Waals surface area (Å²) in [5.41, 5.74) is 1.07. The summed E-state index contributed by atoms with van der Waals surface area (Å²) < 4.78 is 24.7. The Hall–Kier alpha value is -0.870. The first kappa shape index (κ1) is 16.2. The van der Waals surface area contributed by atoms with Gasteiger partial charge in [0.05, 0.1) is 10.1 Å². The Morgan fingerprint density at radius 3 is 2.21 bits per heavy atom. The molecule has 0 saturated heterocycles. The SMILES string of the molecule is Cc1ccc(S(=O)(=O)C(C)CNCCC(C)C)cc1. The van der Waals surface area contributed by atoms with Crippen LogP contribution in [0.3, 0.4) is 0 Å². The van der Waals surface area contributed by atoms with Crippen molar-refractivity contribution in [3.05, 3.63) is 29.8 Å². The Morgan fingerprint density at radius 2 is 1.68 bits per heavy atom. The predicted octanol–water partition coefficient (Wildman–Crippen LogP) is 2.79. The maximum absolute atomic E-state index is 12.3. The lowest BCUT2D eigenvalue weighted by atomic mass is 10.1. The van der Waals surface area contributed by atoms with Crippen molar-refractivity contribution >= 4 is 9.84 Å². The Morgan fingerprint density at radius 1 is 1.11 bits per heavy atom. The topological polar surface area (TPSA) is 46.2 Å². The molecule has 0 spiro atoms. The van der Waals surface area contributed by atoms with Crippen LogP contribution in [0.5, 0.6) is 0 Å². The van der Waals surface area contributed by atoms with Gasteiger partial charge in [-0.2, -0.15) is 0 Å². The molecule has 0 saturated carbocycles. The maximum atomic E-state index is 12.3. The van der Waals surface area contributed by atoms with E-state index in [1.165, 1.54) is 0 Å². The summed E-state index contributed by atoms with van der Waals surface area (Å²) >= 11 is 0. The third-order valence-corrected chi connectivity index (χ3v) is 5.36. The second-order valence-corrected chi connectivity index (χ2v) is 7.92. The predicted molar refractivity (Wildman–Crippen MR) is 80.2 cm³/mol. The second-order valence-electron chi connectivity index (χ2n) is 5.56. The van der Waals surface area contributed by atoms with Crippen LogP contribution in [0.25, 0.3) is 0 Å². The third-order valence-electron chi connectivity index (χ3n) is 3.21. The highest BCUT2D eigenvalue weighted by atomic mass is 32.2. The van der Waals surface area contributed by atoms with Crippen LogP contribution < -0.4 is 5.32 Å². The monoisotopic (exact) mass is 283 g/mol. The molecule has 0 fully saturated rings. The minimum absolute atomic E-state index is 0.401. The van der Waals surface area contributed by atoms with Crippen molar-refractivity contribution in [1.82, 2.24) is 5.32 Å². The molecule has 1 aromatic carbocycles. The standard InChI is InChI=1S/C15H25NO2S/c1-12(2)9-10-16-11-14(4)19(17,18)15-7-5-13(3)6-8-15/h5-8,12,14,16H,9-11H2,1-4H3. The summed E-state index contributed by atoms with van der Waals surface area (Å²) in [6.07, 6.45) is 1.07. The molecule has 19 heavy (non-hydrogen) atoms. The van der Waals surface area contributed by atoms with E-state index in [2.05, 4.69) is 19.2 Å². The smallest absolute Gasteiger partial charge is 0.182 e. The van der Waals surface area contributed by atoms with Gasteiger partial charge in [0.25, 0.3) is 0 Å². The number of aryl methyl sites for hydroxylation is 1. The van der Waals surface area contributed by atoms with Crippen molar-refractivity contribution < 1.29 is 8.42 Å². The molecule has 3 nitrogen and oxygen atoms in total. The van der Waals surface area contributed by atoms with Crippen molar-refractivity contribution in [3.8, 4) is 0 Å². The minimum atomic E-state index is -3.22. The van der Waals surface area contributed by atoms with Gasteiger partial charge in [-0.3, -0.25) is 0 Å². The Bertz CT molecular complexity index is 477. The molecule has 0 amide bonds. The Kier molecular flexibility index (Phi) is 6.01. The van der Waals surface area contributed by atoms with E-state index in [1.807, 2.05) is 19.1 Å². The van der Waals surface area contributed by atoms with Gasteiger partial charge in [0.1, 0.15) is 0 Å². The molecule has 0 radical (unpaired) electrons. The van der Waals surface area contributed by atoms with Gasteiger partial charge in [-0.05, 0) is 44.9 Å². The van der Waals surface area contributed by atoms with Gasteiger partial charge < -0.3 is 5.32 Å². The normalized spacial score (nSPS) is 13.7. The molecule has 1 unspecified atom stereocenters. The molecule has 0 aromatic heterocycles. The van der Waals surface area contributed by atoms with Gasteiger partial charge in [0.2, 0.25) is 0 Å². The molecule has 1 atom stereocenters. The van der Waals surface area contributed by atoms with Crippen LogP contribution in [0, 0.1) is 12.8 Å². The fourth-order valence-corrected chi connectivity index (χ4v) is 3.08. The summed E-state index contributed by atoms with van der Waals surface area (Å²) in [4.78, 5) is 0.413. The van der Waals surface area contributed by atoms with Crippen molar-refractivity contribution in [1.29, 1.82) is 0 Å². The molecule has 108 valence electrons. The first-order chi connectivity index (χ1) is 8.84. The molecule has 1 N–H and O–H groups in total. The zero-order chi connectivity index (χ0) is 14.5. The highest BCUT2D eigenvalue weighted by Gasteiger charge is 2.22. The minimum Gasteiger partial charge on any atom is -0.315 e. The first-order valence-electron chi connectivity index (χ1n) is 6.85. The third kappa shape index (κ3) is 4.96. The largest absolute Gasteiger partial charge is 0.315 e. The van der Waals surface area contributed by atoms with Crippen LogP contribution in [-0.2, 0) is 9.84 Å². The molecule has 0 bridgehead atoms. The van der Waals surface area contributed by atoms with Crippen LogP contribution in [0.4, 0.5) is 0 Å². The molecule has 0 aliphatic carbocycles. The number of hydrogen-bond acceptors (Lipinski definition) is 3. The van der Waals surface area contributed by atoms with E-state index in [1.54, 1.807) is 19.1 Å². The molecule has 1 rings (SSSR count). The molecule has 0 aliphatic heterocycles. The summed E-state index contributed by atoms with van der Waals surface area (Å²) in [5.74, 6) is 0.636. The molecular formula is C15H25NO2S. The highest BCUT2D eigenvalue weighted by molar-refractivity contribution is 7.92. The second kappa shape index (κ2) is 7.06. The zero-order valence-corrected chi connectivity index (χ0v) is 13.1. The van der Waals surface area contributed by atoms with Crippen molar-refractivity contribution in [3.63, 3.8) is 0 Å². The van der Waals surface area contributed by atoms with Gasteiger partial charge in [0, 0.05) is 6.54 Å². The van der Waals surface area contributed by atoms with E-state index < -0.39 is 15.1 Å². The van der Waals surface area contributed by atoms with E-state index in [-0.39, 0.29) is 0 Å². The number of sulfone groups is 1. The molecule has 0 heterocycles. The molecule has 4 heteroatoms. The Labute approximate surface area is 117 Å². The van der Waals surface area contributed by atoms with Gasteiger partial charge in [-0.15, -0.1) is 0 Å². The lowest BCUT2D eigenvalue weighted by Crippen LogP contribution is -2.32. The average Bonchev–Trinajstić information content (AvgIpc) is 2.34. The number of benzene rings is 1. The van der Waals surface area contributed by atoms with Crippen molar-refractivity contribution in [2.24, 2.45) is 5.92 Å². The lowest BCUT2D eigenvalue weighted by Gasteiger charge is -2.14. The van der Waals surface area contributed by atoms with E-state index in [4.69, 9.17) is 0 Å². The van der Waals surface area contributed by atoms with Crippen LogP contribution in [0.15, 0.2) is 29.2 Å². The number of hydrogen-bond donors (Lipinski definition) is 1. The Balaban J connectivity index is 2.59. The quantitative estimate of drug-likeness (QED) is 0.783. The van der Waals surface area contributed by atoms with Crippen molar-refractivity contribution in [2.75, 3.05) is 13.1 Å². The highest BCUT2D eigenvalue weighted by Crippen LogP contribution is 2.16. The molecule has 0 aliphatic rings. The van der Waals surface area contributed by atoms with E-state index in [9.17, 15) is 8.42 Å². The van der Waals surface area contributed by atoms with Gasteiger partial charge in [-0.1, -0.05) is 31.5 Å². The molecule has 1 aromatic rings. The summed E-state index contributed by atoms with van der Waals surface area (Å²) in [6, 6.07) is 7.06. The number of rotatable bonds is 7. The van der Waals surface area contributed by atoms with Gasteiger partial charge >= 0.3 is 0 Å². The summed E-state index contributed by atoms with van der Waals surface area (Å²) in [5, 5.41) is 2.82. The van der Waals surface area contributed by atoms with Crippen LogP contribution in [0.2, 0.25) is 0 Å². The van der Waals surface area contributed by atoms with Crippen LogP contribution in [-0.4, -0.2) is 26.8 Å². The fourth-order valence-electron chi connectivity index (χ4n) is 1.77.